The number of hydrogen-bond acceptors (Lipinski definition) is 3. The van der Waals surface area contributed by atoms with Crippen molar-refractivity contribution in [2.75, 3.05) is 6.54 Å². The Balaban J connectivity index is 2.39. The summed E-state index contributed by atoms with van der Waals surface area (Å²) in [6.07, 6.45) is 0. The van der Waals surface area contributed by atoms with Crippen molar-refractivity contribution >= 4 is 11.3 Å². The minimum absolute atomic E-state index is 0.229. The Kier molecular flexibility index (Phi) is 3.60. The highest BCUT2D eigenvalue weighted by atomic mass is 32.1. The molecular weight excluding hydrogens is 228 g/mol. The summed E-state index contributed by atoms with van der Waals surface area (Å²) in [5.74, 6) is 0.229. The average molecular weight is 246 g/mol. The number of aromatic nitrogens is 1. The zero-order valence-corrected chi connectivity index (χ0v) is 11.3. The number of thiazole rings is 1. The van der Waals surface area contributed by atoms with Crippen molar-refractivity contribution in [3.05, 3.63) is 51.0 Å². The highest BCUT2D eigenvalue weighted by Crippen LogP contribution is 2.29. The number of hydrogen-bond donors (Lipinski definition) is 1. The first kappa shape index (κ1) is 12.3. The van der Waals surface area contributed by atoms with Gasteiger partial charge in [0.15, 0.2) is 0 Å². The Morgan fingerprint density at radius 3 is 2.59 bits per heavy atom. The molecule has 0 fully saturated rings. The van der Waals surface area contributed by atoms with E-state index in [-0.39, 0.29) is 5.92 Å². The standard InChI is InChI=1S/C14H18N2S/c1-9-5-4-6-12(7-9)13(8-15)14-16-10(2)11(3)17-14/h4-7,13H,8,15H2,1-3H3. The van der Waals surface area contributed by atoms with Crippen LogP contribution in [0.5, 0.6) is 0 Å². The summed E-state index contributed by atoms with van der Waals surface area (Å²) in [5.41, 5.74) is 9.57. The molecule has 0 radical (unpaired) electrons. The van der Waals surface area contributed by atoms with Gasteiger partial charge < -0.3 is 5.73 Å². The fraction of sp³-hybridized carbons (Fsp3) is 0.357. The topological polar surface area (TPSA) is 38.9 Å². The molecule has 0 saturated carbocycles. The molecule has 17 heavy (non-hydrogen) atoms. The monoisotopic (exact) mass is 246 g/mol. The molecule has 1 unspecified atom stereocenters. The first-order valence-corrected chi connectivity index (χ1v) is 6.64. The highest BCUT2D eigenvalue weighted by Gasteiger charge is 2.17. The first-order valence-electron chi connectivity index (χ1n) is 5.82. The zero-order chi connectivity index (χ0) is 12.4. The molecule has 1 atom stereocenters. The maximum Gasteiger partial charge on any atom is 0.102 e. The van der Waals surface area contributed by atoms with Gasteiger partial charge in [-0.1, -0.05) is 29.8 Å². The van der Waals surface area contributed by atoms with Crippen molar-refractivity contribution in [2.45, 2.75) is 26.7 Å². The van der Waals surface area contributed by atoms with E-state index < -0.39 is 0 Å². The Labute approximate surface area is 107 Å². The fourth-order valence-corrected chi connectivity index (χ4v) is 2.98. The average Bonchev–Trinajstić information content (AvgIpc) is 2.60. The Bertz CT molecular complexity index is 497. The van der Waals surface area contributed by atoms with E-state index in [0.29, 0.717) is 6.54 Å². The highest BCUT2D eigenvalue weighted by molar-refractivity contribution is 7.11. The maximum atomic E-state index is 5.91. The fourth-order valence-electron chi connectivity index (χ4n) is 1.91. The minimum Gasteiger partial charge on any atom is -0.329 e. The van der Waals surface area contributed by atoms with Gasteiger partial charge in [-0.3, -0.25) is 0 Å². The lowest BCUT2D eigenvalue weighted by atomic mass is 9.98. The van der Waals surface area contributed by atoms with Crippen LogP contribution in [0.4, 0.5) is 0 Å². The smallest absolute Gasteiger partial charge is 0.102 e. The summed E-state index contributed by atoms with van der Waals surface area (Å²) < 4.78 is 0. The predicted molar refractivity (Wildman–Crippen MR) is 73.7 cm³/mol. The molecule has 2 aromatic rings. The lowest BCUT2D eigenvalue weighted by molar-refractivity contribution is 0.805. The molecule has 2 rings (SSSR count). The Morgan fingerprint density at radius 2 is 2.06 bits per heavy atom. The van der Waals surface area contributed by atoms with Crippen molar-refractivity contribution in [2.24, 2.45) is 5.73 Å². The van der Waals surface area contributed by atoms with E-state index in [2.05, 4.69) is 50.0 Å². The molecule has 1 aromatic carbocycles. The van der Waals surface area contributed by atoms with Crippen LogP contribution in [-0.4, -0.2) is 11.5 Å². The van der Waals surface area contributed by atoms with E-state index in [9.17, 15) is 0 Å². The van der Waals surface area contributed by atoms with Crippen molar-refractivity contribution < 1.29 is 0 Å². The van der Waals surface area contributed by atoms with E-state index in [1.54, 1.807) is 11.3 Å². The summed E-state index contributed by atoms with van der Waals surface area (Å²) in [4.78, 5) is 5.91. The van der Waals surface area contributed by atoms with Gasteiger partial charge >= 0.3 is 0 Å². The van der Waals surface area contributed by atoms with E-state index >= 15 is 0 Å². The lowest BCUT2D eigenvalue weighted by Crippen LogP contribution is -2.13. The van der Waals surface area contributed by atoms with Crippen LogP contribution in [0, 0.1) is 20.8 Å². The van der Waals surface area contributed by atoms with Gasteiger partial charge in [0.05, 0.1) is 5.69 Å². The van der Waals surface area contributed by atoms with Gasteiger partial charge in [0.2, 0.25) is 0 Å². The van der Waals surface area contributed by atoms with Crippen molar-refractivity contribution in [1.82, 2.24) is 4.98 Å². The van der Waals surface area contributed by atoms with E-state index in [0.717, 1.165) is 10.7 Å². The first-order chi connectivity index (χ1) is 8.11. The third kappa shape index (κ3) is 2.56. The van der Waals surface area contributed by atoms with E-state index in [1.165, 1.54) is 16.0 Å². The summed E-state index contributed by atoms with van der Waals surface area (Å²) in [7, 11) is 0. The third-order valence-electron chi connectivity index (χ3n) is 3.02. The Morgan fingerprint density at radius 1 is 1.29 bits per heavy atom. The second-order valence-corrected chi connectivity index (χ2v) is 5.63. The SMILES string of the molecule is Cc1cccc(C(CN)c2nc(C)c(C)s2)c1. The zero-order valence-electron chi connectivity index (χ0n) is 10.5. The van der Waals surface area contributed by atoms with E-state index in [1.807, 2.05) is 0 Å². The van der Waals surface area contributed by atoms with Gasteiger partial charge in [-0.2, -0.15) is 0 Å². The van der Waals surface area contributed by atoms with Crippen LogP contribution in [0.25, 0.3) is 0 Å². The number of rotatable bonds is 3. The van der Waals surface area contributed by atoms with Crippen LogP contribution < -0.4 is 5.73 Å². The van der Waals surface area contributed by atoms with Crippen molar-refractivity contribution in [1.29, 1.82) is 0 Å². The third-order valence-corrected chi connectivity index (χ3v) is 4.21. The van der Waals surface area contributed by atoms with Gasteiger partial charge in [0.25, 0.3) is 0 Å². The van der Waals surface area contributed by atoms with Gasteiger partial charge in [0, 0.05) is 17.3 Å². The molecule has 1 aromatic heterocycles. The summed E-state index contributed by atoms with van der Waals surface area (Å²) >= 11 is 1.76. The predicted octanol–water partition coefficient (Wildman–Crippen LogP) is 3.16. The molecule has 0 bridgehead atoms. The number of nitrogens with two attached hydrogens (primary N) is 1. The van der Waals surface area contributed by atoms with Crippen LogP contribution >= 0.6 is 11.3 Å². The molecule has 0 aliphatic heterocycles. The maximum absolute atomic E-state index is 5.91. The number of benzene rings is 1. The molecule has 0 aliphatic rings. The molecule has 3 heteroatoms. The van der Waals surface area contributed by atoms with Crippen molar-refractivity contribution in [3.63, 3.8) is 0 Å². The molecule has 0 amide bonds. The van der Waals surface area contributed by atoms with Crippen LogP contribution in [0.3, 0.4) is 0 Å². The number of nitrogens with zero attached hydrogens (tertiary/aromatic N) is 1. The second kappa shape index (κ2) is 4.98. The van der Waals surface area contributed by atoms with Gasteiger partial charge in [-0.05, 0) is 26.3 Å². The molecule has 0 saturated heterocycles. The lowest BCUT2D eigenvalue weighted by Gasteiger charge is -2.12. The molecule has 2 N–H and O–H groups in total. The number of aryl methyl sites for hydroxylation is 3. The summed E-state index contributed by atoms with van der Waals surface area (Å²) in [6.45, 7) is 6.88. The second-order valence-electron chi connectivity index (χ2n) is 4.40. The molecule has 2 nitrogen and oxygen atoms in total. The van der Waals surface area contributed by atoms with Crippen LogP contribution in [-0.2, 0) is 0 Å². The van der Waals surface area contributed by atoms with Crippen LogP contribution in [0.2, 0.25) is 0 Å². The van der Waals surface area contributed by atoms with Crippen molar-refractivity contribution in [3.8, 4) is 0 Å². The van der Waals surface area contributed by atoms with Crippen LogP contribution in [0.1, 0.15) is 32.6 Å². The Hall–Kier alpha value is -1.19. The van der Waals surface area contributed by atoms with Gasteiger partial charge in [-0.15, -0.1) is 11.3 Å². The molecule has 90 valence electrons. The summed E-state index contributed by atoms with van der Waals surface area (Å²) in [6, 6.07) is 8.52. The quantitative estimate of drug-likeness (QED) is 0.903. The molecule has 0 aliphatic carbocycles. The van der Waals surface area contributed by atoms with Gasteiger partial charge in [0.1, 0.15) is 5.01 Å². The molecular formula is C14H18N2S. The normalized spacial score (nSPS) is 12.7. The molecule has 1 heterocycles. The summed E-state index contributed by atoms with van der Waals surface area (Å²) in [5, 5.41) is 1.13. The van der Waals surface area contributed by atoms with Gasteiger partial charge in [-0.25, -0.2) is 4.98 Å². The minimum atomic E-state index is 0.229. The largest absolute Gasteiger partial charge is 0.329 e. The van der Waals surface area contributed by atoms with E-state index in [4.69, 9.17) is 5.73 Å². The molecule has 0 spiro atoms. The van der Waals surface area contributed by atoms with Crippen LogP contribution in [0.15, 0.2) is 24.3 Å².